The van der Waals surface area contributed by atoms with E-state index in [0.717, 1.165) is 16.7 Å². The standard InChI is InChI=1S/C20H18N2O7S/c1-27-18(24)12-29-15-7-3-2-5-13(15)9-16-19(25)22(20(26)30-16)11-17(23)21-10-14-6-4-8-28-14/h2-9H,10-12H2,1H3,(H,21,23)/b16-9-. The monoisotopic (exact) mass is 430 g/mol. The molecule has 2 aromatic rings. The summed E-state index contributed by atoms with van der Waals surface area (Å²) in [6, 6.07) is 10.1. The maximum atomic E-state index is 12.6. The van der Waals surface area contributed by atoms with Crippen molar-refractivity contribution in [1.29, 1.82) is 0 Å². The van der Waals surface area contributed by atoms with Gasteiger partial charge in [0.05, 0.1) is 24.8 Å². The van der Waals surface area contributed by atoms with Gasteiger partial charge in [-0.1, -0.05) is 18.2 Å². The second-order valence-electron chi connectivity index (χ2n) is 6.03. The Bertz CT molecular complexity index is 985. The van der Waals surface area contributed by atoms with Gasteiger partial charge in [-0.15, -0.1) is 0 Å². The van der Waals surface area contributed by atoms with E-state index in [-0.39, 0.29) is 18.1 Å². The summed E-state index contributed by atoms with van der Waals surface area (Å²) in [5.74, 6) is -0.713. The molecule has 0 spiro atoms. The quantitative estimate of drug-likeness (QED) is 0.501. The van der Waals surface area contributed by atoms with Crippen LogP contribution in [-0.4, -0.2) is 48.2 Å². The van der Waals surface area contributed by atoms with Crippen molar-refractivity contribution in [1.82, 2.24) is 10.2 Å². The van der Waals surface area contributed by atoms with Crippen LogP contribution in [0.3, 0.4) is 0 Å². The van der Waals surface area contributed by atoms with Gasteiger partial charge in [0, 0.05) is 5.56 Å². The van der Waals surface area contributed by atoms with Gasteiger partial charge in [-0.2, -0.15) is 0 Å². The molecule has 1 aliphatic heterocycles. The number of methoxy groups -OCH3 is 1. The van der Waals surface area contributed by atoms with Crippen LogP contribution in [0, 0.1) is 0 Å². The van der Waals surface area contributed by atoms with E-state index in [0.29, 0.717) is 17.1 Å². The van der Waals surface area contributed by atoms with Crippen LogP contribution in [0.25, 0.3) is 6.08 Å². The molecule has 1 N–H and O–H groups in total. The molecule has 0 saturated carbocycles. The predicted octanol–water partition coefficient (Wildman–Crippen LogP) is 2.18. The summed E-state index contributed by atoms with van der Waals surface area (Å²) < 4.78 is 15.1. The molecule has 0 radical (unpaired) electrons. The molecule has 30 heavy (non-hydrogen) atoms. The highest BCUT2D eigenvalue weighted by molar-refractivity contribution is 8.18. The number of hydrogen-bond donors (Lipinski definition) is 1. The van der Waals surface area contributed by atoms with Gasteiger partial charge in [0.2, 0.25) is 5.91 Å². The molecule has 3 rings (SSSR count). The summed E-state index contributed by atoms with van der Waals surface area (Å²) in [6.45, 7) is -0.537. The molecule has 1 saturated heterocycles. The molecule has 1 fully saturated rings. The Balaban J connectivity index is 1.66. The van der Waals surface area contributed by atoms with Gasteiger partial charge in [0.15, 0.2) is 6.61 Å². The number of rotatable bonds is 8. The van der Waals surface area contributed by atoms with Crippen LogP contribution >= 0.6 is 11.8 Å². The Labute approximate surface area is 176 Å². The zero-order valence-electron chi connectivity index (χ0n) is 16.0. The van der Waals surface area contributed by atoms with Crippen molar-refractivity contribution in [2.45, 2.75) is 6.54 Å². The van der Waals surface area contributed by atoms with E-state index in [1.165, 1.54) is 19.4 Å². The van der Waals surface area contributed by atoms with Crippen molar-refractivity contribution in [3.63, 3.8) is 0 Å². The van der Waals surface area contributed by atoms with Crippen molar-refractivity contribution >= 4 is 40.9 Å². The van der Waals surface area contributed by atoms with Crippen molar-refractivity contribution in [3.8, 4) is 5.75 Å². The molecule has 0 aliphatic carbocycles. The molecule has 1 aromatic carbocycles. The van der Waals surface area contributed by atoms with Crippen molar-refractivity contribution in [2.75, 3.05) is 20.3 Å². The molecule has 1 aliphatic rings. The highest BCUT2D eigenvalue weighted by atomic mass is 32.2. The number of nitrogens with one attached hydrogen (secondary N) is 1. The van der Waals surface area contributed by atoms with E-state index >= 15 is 0 Å². The number of ether oxygens (including phenoxy) is 2. The zero-order valence-corrected chi connectivity index (χ0v) is 16.8. The third-order valence-corrected chi connectivity index (χ3v) is 4.90. The Kier molecular flexibility index (Phi) is 6.91. The van der Waals surface area contributed by atoms with Crippen LogP contribution < -0.4 is 10.1 Å². The second-order valence-corrected chi connectivity index (χ2v) is 7.02. The summed E-state index contributed by atoms with van der Waals surface area (Å²) in [6.07, 6.45) is 2.97. The lowest BCUT2D eigenvalue weighted by Gasteiger charge is -2.12. The van der Waals surface area contributed by atoms with Gasteiger partial charge in [-0.05, 0) is 36.0 Å². The number of carbonyl (C=O) groups excluding carboxylic acids is 4. The Morgan fingerprint density at radius 1 is 1.20 bits per heavy atom. The van der Waals surface area contributed by atoms with Gasteiger partial charge in [0.1, 0.15) is 18.1 Å². The molecule has 9 nitrogen and oxygen atoms in total. The van der Waals surface area contributed by atoms with Crippen LogP contribution in [-0.2, 0) is 25.7 Å². The number of para-hydroxylation sites is 1. The highest BCUT2D eigenvalue weighted by Crippen LogP contribution is 2.33. The molecule has 0 bridgehead atoms. The van der Waals surface area contributed by atoms with E-state index in [9.17, 15) is 19.2 Å². The minimum atomic E-state index is -0.582. The van der Waals surface area contributed by atoms with E-state index in [1.807, 2.05) is 0 Å². The van der Waals surface area contributed by atoms with E-state index in [4.69, 9.17) is 9.15 Å². The van der Waals surface area contributed by atoms with Crippen LogP contribution in [0.1, 0.15) is 11.3 Å². The maximum absolute atomic E-state index is 12.6. The van der Waals surface area contributed by atoms with E-state index in [2.05, 4.69) is 10.1 Å². The first-order valence-corrected chi connectivity index (χ1v) is 9.62. The molecule has 2 heterocycles. The molecule has 3 amide bonds. The SMILES string of the molecule is COC(=O)COc1ccccc1/C=C1\SC(=O)N(CC(=O)NCc2ccco2)C1=O. The van der Waals surface area contributed by atoms with Gasteiger partial charge in [-0.3, -0.25) is 19.3 Å². The zero-order chi connectivity index (χ0) is 21.5. The fraction of sp³-hybridized carbons (Fsp3) is 0.200. The first-order chi connectivity index (χ1) is 14.5. The fourth-order valence-electron chi connectivity index (χ4n) is 2.50. The third kappa shape index (κ3) is 5.29. The Morgan fingerprint density at radius 3 is 2.73 bits per heavy atom. The van der Waals surface area contributed by atoms with Crippen LogP contribution in [0.5, 0.6) is 5.75 Å². The fourth-order valence-corrected chi connectivity index (χ4v) is 3.33. The predicted molar refractivity (Wildman–Crippen MR) is 107 cm³/mol. The minimum absolute atomic E-state index is 0.146. The molecular weight excluding hydrogens is 412 g/mol. The third-order valence-electron chi connectivity index (χ3n) is 3.99. The maximum Gasteiger partial charge on any atom is 0.343 e. The van der Waals surface area contributed by atoms with Crippen LogP contribution in [0.15, 0.2) is 52.0 Å². The first-order valence-electron chi connectivity index (χ1n) is 8.81. The minimum Gasteiger partial charge on any atom is -0.481 e. The largest absolute Gasteiger partial charge is 0.481 e. The smallest absolute Gasteiger partial charge is 0.343 e. The van der Waals surface area contributed by atoms with Crippen molar-refractivity contribution in [3.05, 3.63) is 58.9 Å². The number of thioether (sulfide) groups is 1. The summed E-state index contributed by atoms with van der Waals surface area (Å²) >= 11 is 0.725. The number of benzene rings is 1. The lowest BCUT2D eigenvalue weighted by Crippen LogP contribution is -2.39. The summed E-state index contributed by atoms with van der Waals surface area (Å²) in [5.41, 5.74) is 0.508. The number of amides is 3. The topological polar surface area (TPSA) is 115 Å². The second kappa shape index (κ2) is 9.79. The van der Waals surface area contributed by atoms with Gasteiger partial charge in [0.25, 0.3) is 11.1 Å². The average Bonchev–Trinajstić information content (AvgIpc) is 3.35. The molecule has 10 heteroatoms. The average molecular weight is 430 g/mol. The highest BCUT2D eigenvalue weighted by Gasteiger charge is 2.36. The van der Waals surface area contributed by atoms with Crippen LogP contribution in [0.2, 0.25) is 0 Å². The van der Waals surface area contributed by atoms with Crippen molar-refractivity contribution in [2.24, 2.45) is 0 Å². The molecule has 1 aromatic heterocycles. The van der Waals surface area contributed by atoms with Gasteiger partial charge in [-0.25, -0.2) is 4.79 Å². The Hall–Kier alpha value is -3.53. The molecule has 0 unspecified atom stereocenters. The molecule has 156 valence electrons. The number of nitrogens with zero attached hydrogens (tertiary/aromatic N) is 1. The number of esters is 1. The van der Waals surface area contributed by atoms with Gasteiger partial charge >= 0.3 is 5.97 Å². The van der Waals surface area contributed by atoms with E-state index in [1.54, 1.807) is 36.4 Å². The number of hydrogen-bond acceptors (Lipinski definition) is 8. The van der Waals surface area contributed by atoms with Crippen LogP contribution in [0.4, 0.5) is 4.79 Å². The lowest BCUT2D eigenvalue weighted by atomic mass is 10.2. The lowest BCUT2D eigenvalue weighted by molar-refractivity contribution is -0.142. The summed E-state index contributed by atoms with van der Waals surface area (Å²) in [5, 5.41) is 2.04. The molecule has 0 atom stereocenters. The molecular formula is C20H18N2O7S. The first kappa shape index (κ1) is 21.2. The van der Waals surface area contributed by atoms with Crippen molar-refractivity contribution < 1.29 is 33.1 Å². The summed E-state index contributed by atoms with van der Waals surface area (Å²) in [4.78, 5) is 49.2. The summed E-state index contributed by atoms with van der Waals surface area (Å²) in [7, 11) is 1.25. The normalized spacial score (nSPS) is 14.8. The van der Waals surface area contributed by atoms with E-state index < -0.39 is 29.6 Å². The number of carbonyl (C=O) groups is 4. The number of imide groups is 1. The van der Waals surface area contributed by atoms with Gasteiger partial charge < -0.3 is 19.2 Å². The number of furan rings is 1. The Morgan fingerprint density at radius 2 is 2.00 bits per heavy atom.